The molecule has 0 aliphatic heterocycles. The third-order valence-corrected chi connectivity index (χ3v) is 4.19. The van der Waals surface area contributed by atoms with Crippen molar-refractivity contribution in [2.45, 2.75) is 26.7 Å². The largest absolute Gasteiger partial charge is 0.490 e. The predicted octanol–water partition coefficient (Wildman–Crippen LogP) is 3.38. The van der Waals surface area contributed by atoms with Gasteiger partial charge in [-0.3, -0.25) is 4.98 Å². The van der Waals surface area contributed by atoms with Gasteiger partial charge < -0.3 is 19.4 Å². The fraction of sp³-hybridized carbons (Fsp3) is 0.421. The summed E-state index contributed by atoms with van der Waals surface area (Å²) in [6.45, 7) is 7.95. The number of nitrogens with zero attached hydrogens (tertiary/aromatic N) is 4. The Morgan fingerprint density at radius 2 is 1.88 bits per heavy atom. The first-order valence-electron chi connectivity index (χ1n) is 8.90. The van der Waals surface area contributed by atoms with Crippen LogP contribution < -0.4 is 14.8 Å². The van der Waals surface area contributed by atoms with Crippen LogP contribution in [0.25, 0.3) is 10.9 Å². The van der Waals surface area contributed by atoms with Gasteiger partial charge >= 0.3 is 0 Å². The molecule has 3 aromatic rings. The van der Waals surface area contributed by atoms with Gasteiger partial charge in [-0.15, -0.1) is 10.2 Å². The Balaban J connectivity index is 1.88. The Labute approximate surface area is 153 Å². The molecule has 0 radical (unpaired) electrons. The molecule has 0 saturated heterocycles. The number of hydrogen-bond donors (Lipinski definition) is 1. The van der Waals surface area contributed by atoms with E-state index in [1.54, 1.807) is 12.5 Å². The second-order valence-electron chi connectivity index (χ2n) is 6.12. The lowest BCUT2D eigenvalue weighted by atomic mass is 10.1. The summed E-state index contributed by atoms with van der Waals surface area (Å²) in [4.78, 5) is 4.48. The molecule has 1 unspecified atom stereocenters. The highest BCUT2D eigenvalue weighted by atomic mass is 16.5. The van der Waals surface area contributed by atoms with E-state index >= 15 is 0 Å². The summed E-state index contributed by atoms with van der Waals surface area (Å²) in [5.41, 5.74) is 1.88. The molecule has 7 heteroatoms. The van der Waals surface area contributed by atoms with Gasteiger partial charge in [-0.1, -0.05) is 6.92 Å². The fourth-order valence-corrected chi connectivity index (χ4v) is 2.94. The van der Waals surface area contributed by atoms with Crippen LogP contribution in [0.5, 0.6) is 11.5 Å². The van der Waals surface area contributed by atoms with E-state index in [-0.39, 0.29) is 5.92 Å². The molecule has 26 heavy (non-hydrogen) atoms. The molecule has 1 aromatic carbocycles. The average molecular weight is 355 g/mol. The Morgan fingerprint density at radius 3 is 2.54 bits per heavy atom. The number of hydrogen-bond acceptors (Lipinski definition) is 6. The highest BCUT2D eigenvalue weighted by molar-refractivity contribution is 5.93. The second kappa shape index (κ2) is 8.03. The summed E-state index contributed by atoms with van der Waals surface area (Å²) in [5.74, 6) is 2.63. The fourth-order valence-electron chi connectivity index (χ4n) is 2.94. The van der Waals surface area contributed by atoms with Crippen LogP contribution in [0.2, 0.25) is 0 Å². The number of rotatable bonds is 8. The van der Waals surface area contributed by atoms with E-state index in [4.69, 9.17) is 9.47 Å². The third-order valence-electron chi connectivity index (χ3n) is 4.19. The standard InChI is InChI=1S/C19H25N5O2/c1-5-25-17-9-14-15(7-8-20-16(14)10-18(17)26-6-2)21-11-13(3)19-23-22-12-24(19)4/h7-10,12-13H,5-6,11H2,1-4H3,(H,20,21). The van der Waals surface area contributed by atoms with Crippen molar-refractivity contribution in [3.05, 3.63) is 36.5 Å². The number of benzene rings is 1. The number of fused-ring (bicyclic) bond motifs is 1. The summed E-state index contributed by atoms with van der Waals surface area (Å²) in [6, 6.07) is 5.90. The number of nitrogens with one attached hydrogen (secondary N) is 1. The molecular formula is C19H25N5O2. The predicted molar refractivity (Wildman–Crippen MR) is 102 cm³/mol. The molecule has 0 fully saturated rings. The summed E-state index contributed by atoms with van der Waals surface area (Å²) in [6.07, 6.45) is 3.52. The van der Waals surface area contributed by atoms with Gasteiger partial charge in [0.15, 0.2) is 11.5 Å². The summed E-state index contributed by atoms with van der Waals surface area (Å²) in [5, 5.41) is 12.6. The lowest BCUT2D eigenvalue weighted by molar-refractivity contribution is 0.288. The van der Waals surface area contributed by atoms with Crippen LogP contribution in [0, 0.1) is 0 Å². The minimum Gasteiger partial charge on any atom is -0.490 e. The minimum atomic E-state index is 0.222. The zero-order valence-electron chi connectivity index (χ0n) is 15.7. The first kappa shape index (κ1) is 18.0. The van der Waals surface area contributed by atoms with Gasteiger partial charge in [-0.25, -0.2) is 0 Å². The van der Waals surface area contributed by atoms with Gasteiger partial charge in [-0.05, 0) is 26.0 Å². The van der Waals surface area contributed by atoms with Crippen LogP contribution in [0.4, 0.5) is 5.69 Å². The zero-order chi connectivity index (χ0) is 18.5. The molecule has 7 nitrogen and oxygen atoms in total. The maximum atomic E-state index is 5.75. The molecule has 0 saturated carbocycles. The van der Waals surface area contributed by atoms with E-state index in [1.807, 2.05) is 43.7 Å². The molecule has 1 N–H and O–H groups in total. The molecule has 2 heterocycles. The number of anilines is 1. The minimum absolute atomic E-state index is 0.222. The maximum absolute atomic E-state index is 5.75. The zero-order valence-corrected chi connectivity index (χ0v) is 15.7. The number of aromatic nitrogens is 4. The SMILES string of the molecule is CCOc1cc2nccc(NCC(C)c3nncn3C)c2cc1OCC. The van der Waals surface area contributed by atoms with Gasteiger partial charge in [0.05, 0.1) is 18.7 Å². The van der Waals surface area contributed by atoms with Crippen molar-refractivity contribution in [2.24, 2.45) is 7.05 Å². The van der Waals surface area contributed by atoms with E-state index in [2.05, 4.69) is 27.4 Å². The molecule has 2 aromatic heterocycles. The number of aryl methyl sites for hydroxylation is 1. The van der Waals surface area contributed by atoms with Crippen molar-refractivity contribution in [3.63, 3.8) is 0 Å². The van der Waals surface area contributed by atoms with Gasteiger partial charge in [0, 0.05) is 42.8 Å². The lowest BCUT2D eigenvalue weighted by Crippen LogP contribution is -2.14. The molecule has 138 valence electrons. The first-order valence-corrected chi connectivity index (χ1v) is 8.90. The number of ether oxygens (including phenoxy) is 2. The van der Waals surface area contributed by atoms with Gasteiger partial charge in [0.1, 0.15) is 12.2 Å². The Hall–Kier alpha value is -2.83. The van der Waals surface area contributed by atoms with Crippen molar-refractivity contribution in [2.75, 3.05) is 25.1 Å². The molecule has 0 amide bonds. The van der Waals surface area contributed by atoms with Crippen molar-refractivity contribution < 1.29 is 9.47 Å². The van der Waals surface area contributed by atoms with Crippen LogP contribution in [-0.2, 0) is 7.05 Å². The molecule has 0 aliphatic rings. The summed E-state index contributed by atoms with van der Waals surface area (Å²) < 4.78 is 13.4. The second-order valence-corrected chi connectivity index (χ2v) is 6.12. The van der Waals surface area contributed by atoms with E-state index < -0.39 is 0 Å². The van der Waals surface area contributed by atoms with Crippen molar-refractivity contribution >= 4 is 16.6 Å². The Morgan fingerprint density at radius 1 is 1.15 bits per heavy atom. The van der Waals surface area contributed by atoms with Crippen molar-refractivity contribution in [3.8, 4) is 11.5 Å². The van der Waals surface area contributed by atoms with Crippen molar-refractivity contribution in [1.82, 2.24) is 19.7 Å². The van der Waals surface area contributed by atoms with Gasteiger partial charge in [0.2, 0.25) is 0 Å². The first-order chi connectivity index (χ1) is 12.6. The summed E-state index contributed by atoms with van der Waals surface area (Å²) >= 11 is 0. The Kier molecular flexibility index (Phi) is 5.55. The molecular weight excluding hydrogens is 330 g/mol. The molecule has 3 rings (SSSR count). The van der Waals surface area contributed by atoms with E-state index in [1.165, 1.54) is 0 Å². The lowest BCUT2D eigenvalue weighted by Gasteiger charge is -2.16. The Bertz CT molecular complexity index is 877. The van der Waals surface area contributed by atoms with Gasteiger partial charge in [-0.2, -0.15) is 0 Å². The molecule has 1 atom stereocenters. The quantitative estimate of drug-likeness (QED) is 0.668. The normalized spacial score (nSPS) is 12.2. The van der Waals surface area contributed by atoms with Crippen LogP contribution in [0.3, 0.4) is 0 Å². The van der Waals surface area contributed by atoms with E-state index in [0.29, 0.717) is 13.2 Å². The third kappa shape index (κ3) is 3.71. The molecule has 0 aliphatic carbocycles. The molecule has 0 bridgehead atoms. The van der Waals surface area contributed by atoms with E-state index in [9.17, 15) is 0 Å². The average Bonchev–Trinajstić information content (AvgIpc) is 3.06. The van der Waals surface area contributed by atoms with Crippen LogP contribution in [0.15, 0.2) is 30.7 Å². The maximum Gasteiger partial charge on any atom is 0.163 e. The van der Waals surface area contributed by atoms with Crippen molar-refractivity contribution in [1.29, 1.82) is 0 Å². The smallest absolute Gasteiger partial charge is 0.163 e. The highest BCUT2D eigenvalue weighted by Gasteiger charge is 2.14. The monoisotopic (exact) mass is 355 g/mol. The van der Waals surface area contributed by atoms with Crippen LogP contribution >= 0.6 is 0 Å². The van der Waals surface area contributed by atoms with Crippen LogP contribution in [-0.4, -0.2) is 39.5 Å². The topological polar surface area (TPSA) is 74.1 Å². The molecule has 0 spiro atoms. The van der Waals surface area contributed by atoms with E-state index in [0.717, 1.165) is 40.5 Å². The summed E-state index contributed by atoms with van der Waals surface area (Å²) in [7, 11) is 1.96. The number of pyridine rings is 1. The highest BCUT2D eigenvalue weighted by Crippen LogP contribution is 2.35. The van der Waals surface area contributed by atoms with Crippen LogP contribution in [0.1, 0.15) is 32.5 Å². The van der Waals surface area contributed by atoms with Gasteiger partial charge in [0.25, 0.3) is 0 Å².